The summed E-state index contributed by atoms with van der Waals surface area (Å²) in [6.45, 7) is 3.98. The van der Waals surface area contributed by atoms with Crippen LogP contribution in [0.25, 0.3) is 20.9 Å². The Labute approximate surface area is 141 Å². The Hall–Kier alpha value is -1.63. The minimum Gasteiger partial charge on any atom is -0.396 e. The van der Waals surface area contributed by atoms with E-state index < -0.39 is 0 Å². The molecule has 1 aromatic carbocycles. The van der Waals surface area contributed by atoms with Crippen LogP contribution in [0, 0.1) is 19.7 Å². The monoisotopic (exact) mass is 348 g/mol. The van der Waals surface area contributed by atoms with Gasteiger partial charge < -0.3 is 5.73 Å². The predicted molar refractivity (Wildman–Crippen MR) is 96.4 cm³/mol. The molecule has 0 saturated heterocycles. The fourth-order valence-electron chi connectivity index (χ4n) is 2.34. The lowest BCUT2D eigenvalue weighted by Gasteiger charge is -2.12. The molecule has 0 bridgehead atoms. The van der Waals surface area contributed by atoms with Crippen molar-refractivity contribution in [2.24, 2.45) is 4.36 Å². The first-order valence-electron chi connectivity index (χ1n) is 6.60. The van der Waals surface area contributed by atoms with E-state index in [-0.39, 0.29) is 5.82 Å². The molecule has 0 aliphatic rings. The Bertz CT molecular complexity index is 864. The third kappa shape index (κ3) is 2.58. The van der Waals surface area contributed by atoms with Crippen molar-refractivity contribution in [3.8, 4) is 20.9 Å². The predicted octanol–water partition coefficient (Wildman–Crippen LogP) is 5.84. The van der Waals surface area contributed by atoms with Gasteiger partial charge in [0.25, 0.3) is 0 Å². The summed E-state index contributed by atoms with van der Waals surface area (Å²) in [4.78, 5) is 3.95. The molecule has 6 heteroatoms. The highest BCUT2D eigenvalue weighted by Crippen LogP contribution is 2.45. The van der Waals surface area contributed by atoms with E-state index in [1.807, 2.05) is 38.1 Å². The van der Waals surface area contributed by atoms with Crippen LogP contribution in [0.15, 0.2) is 34.7 Å². The van der Waals surface area contributed by atoms with Gasteiger partial charge in [-0.1, -0.05) is 0 Å². The van der Waals surface area contributed by atoms with Gasteiger partial charge in [-0.25, -0.2) is 4.39 Å². The molecule has 0 amide bonds. The zero-order valence-electron chi connectivity index (χ0n) is 12.0. The Morgan fingerprint density at radius 1 is 1.05 bits per heavy atom. The number of nitrogens with two attached hydrogens (primary N) is 1. The maximum absolute atomic E-state index is 14.7. The second-order valence-corrected chi connectivity index (χ2v) is 7.71. The Morgan fingerprint density at radius 2 is 1.64 bits per heavy atom. The number of hydrogen-bond donors (Lipinski definition) is 1. The van der Waals surface area contributed by atoms with E-state index in [0.717, 1.165) is 19.5 Å². The van der Waals surface area contributed by atoms with Gasteiger partial charge in [0.1, 0.15) is 11.5 Å². The van der Waals surface area contributed by atoms with Crippen LogP contribution in [0.2, 0.25) is 0 Å². The molecule has 0 saturated carbocycles. The molecule has 22 heavy (non-hydrogen) atoms. The molecule has 0 aliphatic carbocycles. The topological polar surface area (TPSA) is 38.4 Å². The molecule has 2 heterocycles. The fraction of sp³-hybridized carbons (Fsp3) is 0.125. The summed E-state index contributed by atoms with van der Waals surface area (Å²) in [5, 5.41) is 0. The van der Waals surface area contributed by atoms with Gasteiger partial charge in [0, 0.05) is 37.5 Å². The summed E-state index contributed by atoms with van der Waals surface area (Å²) in [5.74, 6) is -0.345. The lowest BCUT2D eigenvalue weighted by Crippen LogP contribution is -1.95. The number of halogens is 1. The summed E-state index contributed by atoms with van der Waals surface area (Å²) in [6, 6.07) is 9.22. The molecule has 0 spiro atoms. The van der Waals surface area contributed by atoms with Gasteiger partial charge in [-0.15, -0.1) is 22.7 Å². The maximum Gasteiger partial charge on any atom is 0.134 e. The van der Waals surface area contributed by atoms with Crippen LogP contribution in [-0.4, -0.2) is 0 Å². The van der Waals surface area contributed by atoms with Crippen molar-refractivity contribution in [3.63, 3.8) is 0 Å². The maximum atomic E-state index is 14.7. The summed E-state index contributed by atoms with van der Waals surface area (Å²) in [7, 11) is 0. The zero-order valence-corrected chi connectivity index (χ0v) is 14.5. The summed E-state index contributed by atoms with van der Waals surface area (Å²) in [6.07, 6.45) is 0. The molecular weight excluding hydrogens is 335 g/mol. The van der Waals surface area contributed by atoms with Crippen molar-refractivity contribution in [1.29, 1.82) is 0 Å². The van der Waals surface area contributed by atoms with Crippen LogP contribution in [-0.2, 0) is 12.4 Å². The Morgan fingerprint density at radius 3 is 2.14 bits per heavy atom. The van der Waals surface area contributed by atoms with Gasteiger partial charge >= 0.3 is 0 Å². The van der Waals surface area contributed by atoms with Crippen molar-refractivity contribution in [2.45, 2.75) is 13.8 Å². The van der Waals surface area contributed by atoms with E-state index >= 15 is 0 Å². The largest absolute Gasteiger partial charge is 0.396 e. The molecule has 3 rings (SSSR count). The minimum atomic E-state index is -0.345. The molecule has 0 atom stereocenters. The van der Waals surface area contributed by atoms with Crippen LogP contribution in [0.3, 0.4) is 0 Å². The quantitative estimate of drug-likeness (QED) is 0.604. The van der Waals surface area contributed by atoms with Gasteiger partial charge in [0.2, 0.25) is 0 Å². The van der Waals surface area contributed by atoms with Crippen molar-refractivity contribution in [3.05, 3.63) is 45.9 Å². The highest BCUT2D eigenvalue weighted by Gasteiger charge is 2.20. The van der Waals surface area contributed by atoms with Crippen molar-refractivity contribution in [1.82, 2.24) is 0 Å². The average molecular weight is 348 g/mol. The van der Waals surface area contributed by atoms with Crippen molar-refractivity contribution < 1.29 is 4.39 Å². The molecule has 0 fully saturated rings. The fourth-order valence-corrected chi connectivity index (χ4v) is 4.35. The summed E-state index contributed by atoms with van der Waals surface area (Å²) in [5.41, 5.74) is 8.01. The molecule has 2 N–H and O–H groups in total. The first-order valence-corrected chi connectivity index (χ1v) is 8.60. The average Bonchev–Trinajstić information content (AvgIpc) is 3.07. The van der Waals surface area contributed by atoms with Crippen LogP contribution in [0.4, 0.5) is 15.8 Å². The lowest BCUT2D eigenvalue weighted by atomic mass is 10.0. The molecule has 0 radical (unpaired) electrons. The third-order valence-electron chi connectivity index (χ3n) is 3.37. The van der Waals surface area contributed by atoms with Gasteiger partial charge in [0.15, 0.2) is 0 Å². The van der Waals surface area contributed by atoms with E-state index in [9.17, 15) is 4.39 Å². The van der Waals surface area contributed by atoms with Crippen LogP contribution in [0.1, 0.15) is 9.75 Å². The molecule has 0 aliphatic heterocycles. The Kier molecular flexibility index (Phi) is 4.08. The van der Waals surface area contributed by atoms with Gasteiger partial charge in [-0.2, -0.15) is 4.36 Å². The second kappa shape index (κ2) is 5.87. The number of benzene rings is 1. The summed E-state index contributed by atoms with van der Waals surface area (Å²) >= 11 is 7.96. The van der Waals surface area contributed by atoms with Gasteiger partial charge in [-0.3, -0.25) is 0 Å². The number of thiophene rings is 2. The van der Waals surface area contributed by atoms with Crippen LogP contribution in [0.5, 0.6) is 0 Å². The van der Waals surface area contributed by atoms with Crippen LogP contribution < -0.4 is 5.73 Å². The number of nitrogens with zero attached hydrogens (tertiary/aromatic N) is 1. The molecule has 0 unspecified atom stereocenters. The first kappa shape index (κ1) is 15.3. The minimum absolute atomic E-state index is 0.304. The first-order chi connectivity index (χ1) is 10.5. The molecule has 3 aromatic rings. The number of nitrogen functional groups attached to an aromatic ring is 1. The molecule has 2 aromatic heterocycles. The third-order valence-corrected chi connectivity index (χ3v) is 5.61. The number of aryl methyl sites for hydroxylation is 2. The van der Waals surface area contributed by atoms with E-state index in [4.69, 9.17) is 18.2 Å². The van der Waals surface area contributed by atoms with Gasteiger partial charge in [0.05, 0.1) is 11.3 Å². The number of anilines is 1. The van der Waals surface area contributed by atoms with Crippen LogP contribution >= 0.6 is 22.7 Å². The Balaban J connectivity index is 2.26. The second-order valence-electron chi connectivity index (χ2n) is 4.96. The molecule has 2 nitrogen and oxygen atoms in total. The molecule has 112 valence electrons. The summed E-state index contributed by atoms with van der Waals surface area (Å²) < 4.78 is 18.6. The smallest absolute Gasteiger partial charge is 0.134 e. The molecular formula is C16H13FN2S3. The van der Waals surface area contributed by atoms with E-state index in [2.05, 4.69) is 4.36 Å². The SMILES string of the molecule is Cc1ccc(-c2cc(F)c(-c3ccc(C)s3)c(N)c2N=S)s1. The van der Waals surface area contributed by atoms with Crippen molar-refractivity contribution in [2.75, 3.05) is 5.73 Å². The lowest BCUT2D eigenvalue weighted by molar-refractivity contribution is 0.633. The highest BCUT2D eigenvalue weighted by molar-refractivity contribution is 7.47. The van der Waals surface area contributed by atoms with E-state index in [0.29, 0.717) is 22.5 Å². The number of hydrogen-bond acceptors (Lipinski definition) is 5. The highest BCUT2D eigenvalue weighted by atomic mass is 32.1. The standard InChI is InChI=1S/C16H13FN2S3/c1-8-3-5-12(21-8)10-7-11(17)14(15(18)16(10)19-20)13-6-4-9(2)22-13/h3-7H,18H2,1-2H3. The number of rotatable bonds is 3. The van der Waals surface area contributed by atoms with Crippen molar-refractivity contribution >= 4 is 46.5 Å². The van der Waals surface area contributed by atoms with E-state index in [1.165, 1.54) is 17.4 Å². The van der Waals surface area contributed by atoms with E-state index in [1.54, 1.807) is 11.3 Å². The van der Waals surface area contributed by atoms with Gasteiger partial charge in [-0.05, 0) is 44.2 Å². The zero-order chi connectivity index (χ0) is 15.9. The normalized spacial score (nSPS) is 10.9.